The Kier molecular flexibility index (Phi) is 5.21. The van der Waals surface area contributed by atoms with Gasteiger partial charge >= 0.3 is 6.09 Å². The lowest BCUT2D eigenvalue weighted by Crippen LogP contribution is -2.50. The predicted octanol–water partition coefficient (Wildman–Crippen LogP) is 2.25. The van der Waals surface area contributed by atoms with Crippen LogP contribution in [0.1, 0.15) is 18.9 Å². The number of carbonyl (C=O) groups is 1. The molecule has 4 nitrogen and oxygen atoms in total. The molecule has 1 aromatic rings. The summed E-state index contributed by atoms with van der Waals surface area (Å²) in [5, 5.41) is 3.30. The molecule has 1 amide bonds. The number of rotatable bonds is 6. The van der Waals surface area contributed by atoms with Gasteiger partial charge < -0.3 is 15.0 Å². The zero-order chi connectivity index (χ0) is 13.5. The van der Waals surface area contributed by atoms with Crippen molar-refractivity contribution in [1.82, 2.24) is 10.2 Å². The van der Waals surface area contributed by atoms with Crippen LogP contribution in [-0.2, 0) is 11.3 Å². The highest BCUT2D eigenvalue weighted by molar-refractivity contribution is 5.68. The number of benzene rings is 1. The zero-order valence-electron chi connectivity index (χ0n) is 11.5. The molecule has 0 aromatic heterocycles. The van der Waals surface area contributed by atoms with E-state index in [-0.39, 0.29) is 6.09 Å². The molecule has 4 heteroatoms. The van der Waals surface area contributed by atoms with Gasteiger partial charge in [-0.3, -0.25) is 0 Å². The average Bonchev–Trinajstić information content (AvgIpc) is 2.40. The summed E-state index contributed by atoms with van der Waals surface area (Å²) < 4.78 is 5.28. The van der Waals surface area contributed by atoms with Crippen molar-refractivity contribution in [2.45, 2.75) is 20.0 Å². The smallest absolute Gasteiger partial charge is 0.410 e. The second-order valence-corrected chi connectivity index (χ2v) is 4.95. The predicted molar refractivity (Wildman–Crippen MR) is 74.9 cm³/mol. The van der Waals surface area contributed by atoms with Crippen LogP contribution in [0.3, 0.4) is 0 Å². The minimum Gasteiger partial charge on any atom is -0.445 e. The van der Waals surface area contributed by atoms with Crippen molar-refractivity contribution in [2.24, 2.45) is 5.92 Å². The van der Waals surface area contributed by atoms with Gasteiger partial charge in [0.1, 0.15) is 6.61 Å². The van der Waals surface area contributed by atoms with Gasteiger partial charge in [0.25, 0.3) is 0 Å². The van der Waals surface area contributed by atoms with Gasteiger partial charge in [-0.25, -0.2) is 4.79 Å². The maximum atomic E-state index is 11.8. The summed E-state index contributed by atoms with van der Waals surface area (Å²) in [4.78, 5) is 13.5. The van der Waals surface area contributed by atoms with Crippen LogP contribution >= 0.6 is 0 Å². The van der Waals surface area contributed by atoms with Gasteiger partial charge in [-0.2, -0.15) is 0 Å². The third kappa shape index (κ3) is 4.24. The highest BCUT2D eigenvalue weighted by atomic mass is 16.6. The van der Waals surface area contributed by atoms with Crippen LogP contribution in [0.5, 0.6) is 0 Å². The Labute approximate surface area is 114 Å². The fraction of sp³-hybridized carbons (Fsp3) is 0.533. The van der Waals surface area contributed by atoms with E-state index in [9.17, 15) is 4.79 Å². The summed E-state index contributed by atoms with van der Waals surface area (Å²) in [6.07, 6.45) is 0.944. The first kappa shape index (κ1) is 13.9. The molecule has 1 heterocycles. The zero-order valence-corrected chi connectivity index (χ0v) is 11.5. The SMILES string of the molecule is CCNCCC1CN(C(=O)OCc2ccccc2)C1. The quantitative estimate of drug-likeness (QED) is 0.800. The number of nitrogens with zero attached hydrogens (tertiary/aromatic N) is 1. The number of carbonyl (C=O) groups excluding carboxylic acids is 1. The molecule has 1 aliphatic rings. The summed E-state index contributed by atoms with van der Waals surface area (Å²) in [6, 6.07) is 9.77. The van der Waals surface area contributed by atoms with Crippen LogP contribution in [0, 0.1) is 5.92 Å². The van der Waals surface area contributed by atoms with Crippen molar-refractivity contribution in [2.75, 3.05) is 26.2 Å². The minimum atomic E-state index is -0.191. The van der Waals surface area contributed by atoms with Gasteiger partial charge in [0.05, 0.1) is 0 Å². The fourth-order valence-corrected chi connectivity index (χ4v) is 2.20. The normalized spacial score (nSPS) is 15.1. The number of ether oxygens (including phenoxy) is 1. The molecule has 0 atom stereocenters. The Morgan fingerprint density at radius 2 is 2.11 bits per heavy atom. The Balaban J connectivity index is 1.61. The molecule has 1 saturated heterocycles. The largest absolute Gasteiger partial charge is 0.445 e. The molecular formula is C15H22N2O2. The Hall–Kier alpha value is -1.55. The minimum absolute atomic E-state index is 0.191. The topological polar surface area (TPSA) is 41.6 Å². The number of amides is 1. The van der Waals surface area contributed by atoms with Crippen LogP contribution < -0.4 is 5.32 Å². The maximum Gasteiger partial charge on any atom is 0.410 e. The Bertz CT molecular complexity index is 388. The molecule has 2 rings (SSSR count). The molecule has 0 aliphatic carbocycles. The lowest BCUT2D eigenvalue weighted by molar-refractivity contribution is 0.0473. The maximum absolute atomic E-state index is 11.8. The van der Waals surface area contributed by atoms with Crippen LogP contribution in [-0.4, -0.2) is 37.2 Å². The number of hydrogen-bond donors (Lipinski definition) is 1. The lowest BCUT2D eigenvalue weighted by atomic mass is 9.97. The van der Waals surface area contributed by atoms with Crippen molar-refractivity contribution in [3.05, 3.63) is 35.9 Å². The number of nitrogens with one attached hydrogen (secondary N) is 1. The van der Waals surface area contributed by atoms with Gasteiger partial charge in [0.2, 0.25) is 0 Å². The van der Waals surface area contributed by atoms with Gasteiger partial charge in [-0.1, -0.05) is 37.3 Å². The Morgan fingerprint density at radius 1 is 1.37 bits per heavy atom. The number of hydrogen-bond acceptors (Lipinski definition) is 3. The standard InChI is InChI=1S/C15H22N2O2/c1-2-16-9-8-14-10-17(11-14)15(18)19-12-13-6-4-3-5-7-13/h3-7,14,16H,2,8-12H2,1H3. The molecule has 0 spiro atoms. The van der Waals surface area contributed by atoms with Crippen molar-refractivity contribution in [1.29, 1.82) is 0 Å². The lowest BCUT2D eigenvalue weighted by Gasteiger charge is -2.38. The van der Waals surface area contributed by atoms with Crippen molar-refractivity contribution in [3.8, 4) is 0 Å². The molecule has 19 heavy (non-hydrogen) atoms. The highest BCUT2D eigenvalue weighted by Gasteiger charge is 2.30. The molecule has 0 unspecified atom stereocenters. The molecule has 1 fully saturated rings. The summed E-state index contributed by atoms with van der Waals surface area (Å²) in [6.45, 7) is 6.17. The van der Waals surface area contributed by atoms with E-state index in [1.165, 1.54) is 0 Å². The van der Waals surface area contributed by atoms with Gasteiger partial charge in [0.15, 0.2) is 0 Å². The van der Waals surface area contributed by atoms with E-state index in [0.29, 0.717) is 12.5 Å². The summed E-state index contributed by atoms with van der Waals surface area (Å²) in [5.41, 5.74) is 1.03. The third-order valence-corrected chi connectivity index (χ3v) is 3.40. The van der Waals surface area contributed by atoms with E-state index in [2.05, 4.69) is 12.2 Å². The van der Waals surface area contributed by atoms with Crippen LogP contribution in [0.2, 0.25) is 0 Å². The summed E-state index contributed by atoms with van der Waals surface area (Å²) in [5.74, 6) is 0.628. The van der Waals surface area contributed by atoms with Crippen LogP contribution in [0.15, 0.2) is 30.3 Å². The summed E-state index contributed by atoms with van der Waals surface area (Å²) in [7, 11) is 0. The van der Waals surface area contributed by atoms with E-state index in [1.807, 2.05) is 30.3 Å². The van der Waals surface area contributed by atoms with Crippen LogP contribution in [0.4, 0.5) is 4.79 Å². The summed E-state index contributed by atoms with van der Waals surface area (Å²) >= 11 is 0. The first-order valence-electron chi connectivity index (χ1n) is 6.96. The van der Waals surface area contributed by atoms with Gasteiger partial charge in [-0.05, 0) is 31.0 Å². The van der Waals surface area contributed by atoms with Crippen molar-refractivity contribution < 1.29 is 9.53 Å². The van der Waals surface area contributed by atoms with Gasteiger partial charge in [-0.15, -0.1) is 0 Å². The molecule has 0 radical (unpaired) electrons. The molecule has 1 aliphatic heterocycles. The molecular weight excluding hydrogens is 240 g/mol. The fourth-order valence-electron chi connectivity index (χ4n) is 2.20. The third-order valence-electron chi connectivity index (χ3n) is 3.40. The second kappa shape index (κ2) is 7.14. The first-order chi connectivity index (χ1) is 9.29. The van der Waals surface area contributed by atoms with Gasteiger partial charge in [0, 0.05) is 13.1 Å². The molecule has 1 aromatic carbocycles. The first-order valence-corrected chi connectivity index (χ1v) is 6.96. The molecule has 0 saturated carbocycles. The molecule has 1 N–H and O–H groups in total. The average molecular weight is 262 g/mol. The highest BCUT2D eigenvalue weighted by Crippen LogP contribution is 2.19. The number of likely N-dealkylation sites (tertiary alicyclic amines) is 1. The van der Waals surface area contributed by atoms with Crippen LogP contribution in [0.25, 0.3) is 0 Å². The molecule has 0 bridgehead atoms. The van der Waals surface area contributed by atoms with E-state index in [0.717, 1.165) is 38.2 Å². The second-order valence-electron chi connectivity index (χ2n) is 4.95. The van der Waals surface area contributed by atoms with E-state index in [1.54, 1.807) is 4.90 Å². The Morgan fingerprint density at radius 3 is 2.79 bits per heavy atom. The van der Waals surface area contributed by atoms with E-state index >= 15 is 0 Å². The van der Waals surface area contributed by atoms with E-state index in [4.69, 9.17) is 4.74 Å². The van der Waals surface area contributed by atoms with E-state index < -0.39 is 0 Å². The van der Waals surface area contributed by atoms with Crippen molar-refractivity contribution >= 4 is 6.09 Å². The van der Waals surface area contributed by atoms with Crippen molar-refractivity contribution in [3.63, 3.8) is 0 Å². The monoisotopic (exact) mass is 262 g/mol. The molecule has 104 valence electrons.